The average molecular weight is 383 g/mol. The van der Waals surface area contributed by atoms with Crippen molar-refractivity contribution in [2.24, 2.45) is 0 Å². The maximum absolute atomic E-state index is 12.7. The Balaban J connectivity index is 1.74. The Bertz CT molecular complexity index is 738. The third-order valence-corrected chi connectivity index (χ3v) is 7.49. The van der Waals surface area contributed by atoms with Crippen LogP contribution in [-0.2, 0) is 19.1 Å². The Labute approximate surface area is 155 Å². The lowest BCUT2D eigenvalue weighted by Gasteiger charge is -2.32. The molecular weight excluding hydrogens is 357 g/mol. The highest BCUT2D eigenvalue weighted by atomic mass is 32.2. The van der Waals surface area contributed by atoms with Crippen LogP contribution in [0.25, 0.3) is 0 Å². The Kier molecular flexibility index (Phi) is 5.17. The Morgan fingerprint density at radius 1 is 1.23 bits per heavy atom. The molecule has 1 N–H and O–H groups in total. The first-order valence-electron chi connectivity index (χ1n) is 8.81. The third kappa shape index (κ3) is 3.53. The number of sulfone groups is 1. The van der Waals surface area contributed by atoms with Gasteiger partial charge in [-0.1, -0.05) is 0 Å². The van der Waals surface area contributed by atoms with E-state index in [9.17, 15) is 8.42 Å². The summed E-state index contributed by atoms with van der Waals surface area (Å²) in [6, 6.07) is 0. The molecule has 0 amide bonds. The van der Waals surface area contributed by atoms with E-state index in [4.69, 9.17) is 14.4 Å². The fourth-order valence-corrected chi connectivity index (χ4v) is 4.64. The molecule has 2 aliphatic heterocycles. The minimum absolute atomic E-state index is 0.0199. The van der Waals surface area contributed by atoms with Crippen LogP contribution in [0.1, 0.15) is 34.1 Å². The summed E-state index contributed by atoms with van der Waals surface area (Å²) in [6.45, 7) is 9.34. The lowest BCUT2D eigenvalue weighted by molar-refractivity contribution is 0.00578. The van der Waals surface area contributed by atoms with E-state index in [0.29, 0.717) is 31.5 Å². The SMILES string of the molecule is CC1(C)OB(c2cnc(S(=O)(=O)[C@@H]3CCN(CCO)C3)nc2)OC1(C)C. The smallest absolute Gasteiger partial charge is 0.399 e. The number of nitrogens with zero attached hydrogens (tertiary/aromatic N) is 3. The molecule has 0 unspecified atom stereocenters. The molecule has 0 aliphatic carbocycles. The summed E-state index contributed by atoms with van der Waals surface area (Å²) in [5, 5.41) is 8.28. The highest BCUT2D eigenvalue weighted by Gasteiger charge is 2.52. The molecule has 10 heteroatoms. The molecule has 1 aromatic rings. The molecule has 0 bridgehead atoms. The Morgan fingerprint density at radius 3 is 2.35 bits per heavy atom. The van der Waals surface area contributed by atoms with Gasteiger partial charge < -0.3 is 14.4 Å². The molecule has 8 nitrogen and oxygen atoms in total. The van der Waals surface area contributed by atoms with Crippen molar-refractivity contribution in [3.8, 4) is 0 Å². The quantitative estimate of drug-likeness (QED) is 0.542. The van der Waals surface area contributed by atoms with Crippen molar-refractivity contribution in [1.82, 2.24) is 14.9 Å². The summed E-state index contributed by atoms with van der Waals surface area (Å²) < 4.78 is 37.4. The third-order valence-electron chi connectivity index (χ3n) is 5.51. The first-order valence-corrected chi connectivity index (χ1v) is 10.4. The normalized spacial score (nSPS) is 25.7. The predicted molar refractivity (Wildman–Crippen MR) is 96.9 cm³/mol. The first-order chi connectivity index (χ1) is 12.1. The molecule has 0 spiro atoms. The van der Waals surface area contributed by atoms with Gasteiger partial charge in [-0.3, -0.25) is 4.90 Å². The van der Waals surface area contributed by atoms with Crippen molar-refractivity contribution in [3.63, 3.8) is 0 Å². The van der Waals surface area contributed by atoms with E-state index in [2.05, 4.69) is 9.97 Å². The van der Waals surface area contributed by atoms with Gasteiger partial charge in [0, 0.05) is 30.9 Å². The van der Waals surface area contributed by atoms with Crippen molar-refractivity contribution in [2.75, 3.05) is 26.2 Å². The van der Waals surface area contributed by atoms with Crippen LogP contribution >= 0.6 is 0 Å². The minimum Gasteiger partial charge on any atom is -0.399 e. The van der Waals surface area contributed by atoms with Crippen LogP contribution in [0.5, 0.6) is 0 Å². The molecule has 0 radical (unpaired) electrons. The summed E-state index contributed by atoms with van der Waals surface area (Å²) in [6.07, 6.45) is 3.44. The fourth-order valence-electron chi connectivity index (χ4n) is 3.12. The standard InChI is InChI=1S/C16H26BN3O5S/c1-15(2)16(3,4)25-17(24-15)12-9-18-14(19-10-12)26(22,23)13-5-6-20(11-13)7-8-21/h9-10,13,21H,5-8,11H2,1-4H3/t13-/m1/s1. The molecule has 144 valence electrons. The van der Waals surface area contributed by atoms with Gasteiger partial charge in [-0.2, -0.15) is 0 Å². The molecule has 2 fully saturated rings. The summed E-state index contributed by atoms with van der Waals surface area (Å²) in [7, 11) is -4.23. The molecule has 1 atom stereocenters. The zero-order chi connectivity index (χ0) is 19.2. The number of hydrogen-bond donors (Lipinski definition) is 1. The number of aromatic nitrogens is 2. The van der Waals surface area contributed by atoms with Gasteiger partial charge in [0.25, 0.3) is 0 Å². The lowest BCUT2D eigenvalue weighted by Crippen LogP contribution is -2.41. The van der Waals surface area contributed by atoms with Gasteiger partial charge in [0.15, 0.2) is 0 Å². The fraction of sp³-hybridized carbons (Fsp3) is 0.750. The molecule has 26 heavy (non-hydrogen) atoms. The monoisotopic (exact) mass is 383 g/mol. The second kappa shape index (κ2) is 6.83. The zero-order valence-electron chi connectivity index (χ0n) is 15.7. The first kappa shape index (κ1) is 19.7. The summed E-state index contributed by atoms with van der Waals surface area (Å²) in [5.41, 5.74) is -0.374. The van der Waals surface area contributed by atoms with E-state index >= 15 is 0 Å². The lowest BCUT2D eigenvalue weighted by atomic mass is 9.81. The van der Waals surface area contributed by atoms with Gasteiger partial charge in [-0.25, -0.2) is 18.4 Å². The van der Waals surface area contributed by atoms with Crippen molar-refractivity contribution in [3.05, 3.63) is 12.4 Å². The van der Waals surface area contributed by atoms with E-state index in [1.165, 1.54) is 12.4 Å². The van der Waals surface area contributed by atoms with Crippen LogP contribution in [-0.4, -0.2) is 78.2 Å². The van der Waals surface area contributed by atoms with Gasteiger partial charge >= 0.3 is 7.12 Å². The van der Waals surface area contributed by atoms with Gasteiger partial charge in [-0.05, 0) is 40.7 Å². The van der Waals surface area contributed by atoms with Crippen molar-refractivity contribution < 1.29 is 22.8 Å². The Morgan fingerprint density at radius 2 is 1.81 bits per heavy atom. The van der Waals surface area contributed by atoms with Crippen molar-refractivity contribution >= 4 is 22.4 Å². The summed E-state index contributed by atoms with van der Waals surface area (Å²) in [4.78, 5) is 10.1. The van der Waals surface area contributed by atoms with Crippen LogP contribution in [0.4, 0.5) is 0 Å². The molecule has 2 saturated heterocycles. The number of aliphatic hydroxyl groups excluding tert-OH is 1. The van der Waals surface area contributed by atoms with Crippen LogP contribution in [0.3, 0.4) is 0 Å². The summed E-state index contributed by atoms with van der Waals surface area (Å²) in [5.74, 6) is 0. The highest BCUT2D eigenvalue weighted by molar-refractivity contribution is 7.91. The summed E-state index contributed by atoms with van der Waals surface area (Å²) >= 11 is 0. The van der Waals surface area contributed by atoms with E-state index in [-0.39, 0.29) is 11.8 Å². The average Bonchev–Trinajstić information content (AvgIpc) is 3.11. The molecule has 0 saturated carbocycles. The van der Waals surface area contributed by atoms with E-state index in [1.807, 2.05) is 32.6 Å². The molecule has 3 rings (SSSR count). The van der Waals surface area contributed by atoms with Crippen molar-refractivity contribution in [1.29, 1.82) is 0 Å². The number of aliphatic hydroxyl groups is 1. The number of likely N-dealkylation sites (tertiary alicyclic amines) is 1. The number of hydrogen-bond acceptors (Lipinski definition) is 8. The minimum atomic E-state index is -3.60. The van der Waals surface area contributed by atoms with Crippen LogP contribution in [0.15, 0.2) is 17.6 Å². The zero-order valence-corrected chi connectivity index (χ0v) is 16.5. The van der Waals surface area contributed by atoms with Crippen molar-refractivity contribution in [2.45, 2.75) is 55.7 Å². The second-order valence-electron chi connectivity index (χ2n) is 7.87. The predicted octanol–water partition coefficient (Wildman–Crippen LogP) is -0.384. The van der Waals surface area contributed by atoms with Gasteiger partial charge in [0.05, 0.1) is 23.1 Å². The molecule has 2 aliphatic rings. The topological polar surface area (TPSA) is 102 Å². The maximum atomic E-state index is 12.7. The second-order valence-corrected chi connectivity index (χ2v) is 9.99. The Hall–Kier alpha value is -1.07. The highest BCUT2D eigenvalue weighted by Crippen LogP contribution is 2.36. The maximum Gasteiger partial charge on any atom is 0.498 e. The van der Waals surface area contributed by atoms with Crippen LogP contribution in [0, 0.1) is 0 Å². The van der Waals surface area contributed by atoms with Gasteiger partial charge in [0.1, 0.15) is 0 Å². The molecule has 3 heterocycles. The molecule has 1 aromatic heterocycles. The van der Waals surface area contributed by atoms with Crippen LogP contribution in [0.2, 0.25) is 0 Å². The van der Waals surface area contributed by atoms with E-state index in [1.54, 1.807) is 0 Å². The number of rotatable bonds is 5. The van der Waals surface area contributed by atoms with Gasteiger partial charge in [0.2, 0.25) is 15.0 Å². The molecule has 0 aromatic carbocycles. The van der Waals surface area contributed by atoms with E-state index in [0.717, 1.165) is 0 Å². The largest absolute Gasteiger partial charge is 0.498 e. The molecular formula is C16H26BN3O5S. The van der Waals surface area contributed by atoms with Gasteiger partial charge in [-0.15, -0.1) is 0 Å². The number of β-amino-alcohol motifs (C(OH)–C–C–N with tert-alkyl or cyclic N) is 1. The van der Waals surface area contributed by atoms with Crippen LogP contribution < -0.4 is 5.46 Å². The van der Waals surface area contributed by atoms with E-state index < -0.39 is 33.4 Å².